The van der Waals surface area contributed by atoms with Crippen LogP contribution in [0.5, 0.6) is 17.2 Å². The van der Waals surface area contributed by atoms with Crippen molar-refractivity contribution < 1.29 is 101 Å². The second-order valence-corrected chi connectivity index (χ2v) is 31.7. The Morgan fingerprint density at radius 2 is 1.50 bits per heavy atom. The van der Waals surface area contributed by atoms with Crippen LogP contribution in [0.25, 0.3) is 33.3 Å². The number of anilines is 4. The molecule has 0 saturated carbocycles. The molecule has 0 radical (unpaired) electrons. The Bertz CT molecular complexity index is 4950. The van der Waals surface area contributed by atoms with Gasteiger partial charge in [-0.2, -0.15) is 0 Å². The summed E-state index contributed by atoms with van der Waals surface area (Å²) in [5.74, 6) is -9.70. The van der Waals surface area contributed by atoms with Crippen molar-refractivity contribution in [1.29, 1.82) is 0 Å². The fourth-order valence-corrected chi connectivity index (χ4v) is 15.8. The van der Waals surface area contributed by atoms with Crippen LogP contribution in [0.3, 0.4) is 0 Å². The van der Waals surface area contributed by atoms with Crippen LogP contribution in [0.4, 0.5) is 32.3 Å². The van der Waals surface area contributed by atoms with Gasteiger partial charge in [0.2, 0.25) is 23.2 Å². The number of urea groups is 1. The van der Waals surface area contributed by atoms with Crippen LogP contribution in [0.15, 0.2) is 118 Å². The standard InChI is InChI=1S/C85H103N11O21/c1-44(2)67(91-61(99)21-14-13-15-36-95-62(100)30-31-63(95)101)82(108)90-57(20-17-35-87-83(86)109)81(107)88-53-28-24-52(25-29-53)43-112-84(110)89-54-26-22-51(23-27-54)42-96(10,11)56-32-37-94(38-33-56)55-40-58(98)68-60(41-55)115-77-69(92-68)64-65-71(102)48(6)75-66(64)79(105)85(9,117-75)113-39-34-59(111-12)47(5)76(114-50(8)97)78-72(103)49(7)74(116-78)45(3)18-16-19-46(4)80(106)93-70(77)73(65)104/h16,18-19,22-31,34,39-41,44-45,47,49,56-57,59,67,72,74,76,78,103H,13-15,17,20-21,32-33,35-38,42-43H2,1-12H3,(H9-,86,87,88,89,90,91,92,93,98,99,100,101,102,104,105,106,107,108,109,110)/p+1/b18-16+,39-34+,46-19-/t45-,47+,49-,57-,59-,67-,72+,74-,76+,78+,85-/m0/s1. The Morgan fingerprint density at radius 1 is 0.829 bits per heavy atom. The molecule has 1 aliphatic carbocycles. The summed E-state index contributed by atoms with van der Waals surface area (Å²) in [5, 5.41) is 51.5. The number of amides is 9. The second-order valence-electron chi connectivity index (χ2n) is 31.7. The number of aromatic hydroxyl groups is 2. The summed E-state index contributed by atoms with van der Waals surface area (Å²) in [6.07, 6.45) is 8.32. The molecule has 0 unspecified atom stereocenters. The predicted molar refractivity (Wildman–Crippen MR) is 432 cm³/mol. The van der Waals surface area contributed by atoms with E-state index in [4.69, 9.17) is 43.6 Å². The minimum atomic E-state index is -2.14. The summed E-state index contributed by atoms with van der Waals surface area (Å²) in [6.45, 7) is 16.6. The lowest BCUT2D eigenvalue weighted by Crippen LogP contribution is -2.54. The Kier molecular flexibility index (Phi) is 26.9. The number of quaternary nitrogens is 1. The van der Waals surface area contributed by atoms with Crippen molar-refractivity contribution in [3.63, 3.8) is 0 Å². The fraction of sp³-hybridized carbons (Fsp3) is 0.459. The summed E-state index contributed by atoms with van der Waals surface area (Å²) in [5.41, 5.74) is 6.70. The summed E-state index contributed by atoms with van der Waals surface area (Å²) in [7, 11) is 5.73. The van der Waals surface area contributed by atoms with Crippen LogP contribution in [0.1, 0.15) is 134 Å². The first-order valence-corrected chi connectivity index (χ1v) is 39.3. The van der Waals surface area contributed by atoms with Gasteiger partial charge in [0.1, 0.15) is 71.6 Å². The number of ether oxygens (including phenoxy) is 6. The molecule has 7 heterocycles. The van der Waals surface area contributed by atoms with Crippen molar-refractivity contribution in [1.82, 2.24) is 25.8 Å². The van der Waals surface area contributed by atoms with Gasteiger partial charge in [-0.15, -0.1) is 0 Å². The van der Waals surface area contributed by atoms with Crippen LogP contribution >= 0.6 is 0 Å². The number of unbranched alkanes of at least 4 members (excludes halogenated alkanes) is 2. The molecule has 7 aliphatic heterocycles. The quantitative estimate of drug-likeness (QED) is 0.00638. The second kappa shape index (κ2) is 36.6. The zero-order valence-corrected chi connectivity index (χ0v) is 67.7. The third kappa shape index (κ3) is 19.5. The topological polar surface area (TPSA) is 435 Å². The molecular formula is C85H104N11O21+. The van der Waals surface area contributed by atoms with Crippen molar-refractivity contribution in [3.05, 3.63) is 141 Å². The molecule has 4 aromatic carbocycles. The number of fused-ring (bicyclic) bond motifs is 9. The number of nitrogens with two attached hydrogens (primary N) is 1. The number of phenols is 2. The number of hydrogen-bond acceptors (Lipinski definition) is 23. The van der Waals surface area contributed by atoms with Crippen molar-refractivity contribution in [2.45, 2.75) is 181 Å². The number of carbonyl (C=O) groups is 10. The van der Waals surface area contributed by atoms with Gasteiger partial charge in [0, 0.05) is 148 Å². The Balaban J connectivity index is 0.728. The Labute approximate surface area is 676 Å². The number of primary amides is 1. The zero-order chi connectivity index (χ0) is 84.6. The lowest BCUT2D eigenvalue weighted by atomic mass is 9.86. The van der Waals surface area contributed by atoms with Crippen LogP contribution in [-0.4, -0.2) is 191 Å². The average Bonchev–Trinajstić information content (AvgIpc) is 1.63. The van der Waals surface area contributed by atoms with E-state index in [2.05, 4.69) is 50.9 Å². The number of nitrogens with zero attached hydrogens (tertiary/aromatic N) is 4. The number of hydrogen-bond donors (Lipinski definition) is 10. The van der Waals surface area contributed by atoms with E-state index in [1.165, 1.54) is 65.4 Å². The minimum Gasteiger partial charge on any atom is -0.507 e. The molecule has 12 rings (SSSR count). The summed E-state index contributed by atoms with van der Waals surface area (Å²) in [4.78, 5) is 154. The van der Waals surface area contributed by atoms with Crippen molar-refractivity contribution in [3.8, 4) is 28.7 Å². The summed E-state index contributed by atoms with van der Waals surface area (Å²) < 4.78 is 43.6. The van der Waals surface area contributed by atoms with Gasteiger partial charge in [-0.3, -0.25) is 53.4 Å². The maximum absolute atomic E-state index is 15.2. The number of aromatic nitrogens is 1. The van der Waals surface area contributed by atoms with Gasteiger partial charge in [-0.05, 0) is 81.4 Å². The number of rotatable bonds is 25. The van der Waals surface area contributed by atoms with Gasteiger partial charge >= 0.3 is 23.9 Å². The van der Waals surface area contributed by atoms with Crippen LogP contribution in [0.2, 0.25) is 0 Å². The molecule has 0 aromatic heterocycles. The third-order valence-corrected chi connectivity index (χ3v) is 22.5. The number of carbonyl (C=O) groups excluding carboxylic acids is 10. The third-order valence-electron chi connectivity index (χ3n) is 22.5. The molecule has 7 bridgehead atoms. The molecule has 2 saturated heterocycles. The van der Waals surface area contributed by atoms with Crippen molar-refractivity contribution in [2.24, 2.45) is 29.4 Å². The van der Waals surface area contributed by atoms with E-state index < -0.39 is 119 Å². The number of aliphatic hydroxyl groups excluding tert-OH is 1. The smallest absolute Gasteiger partial charge is 0.411 e. The van der Waals surface area contributed by atoms with Gasteiger partial charge in [-0.1, -0.05) is 83.5 Å². The number of Topliss-reactive ketones (excluding diaryl/α,β-unsaturated/α-hetero) is 1. The Hall–Kier alpha value is -11.7. The molecule has 32 heteroatoms. The number of piperidine rings is 1. The highest BCUT2D eigenvalue weighted by atomic mass is 16.7. The van der Waals surface area contributed by atoms with Crippen LogP contribution < -0.4 is 52.7 Å². The van der Waals surface area contributed by atoms with Crippen molar-refractivity contribution in [2.75, 3.05) is 68.2 Å². The van der Waals surface area contributed by atoms with E-state index in [9.17, 15) is 58.5 Å². The number of methoxy groups -OCH3 is 1. The van der Waals surface area contributed by atoms with E-state index in [0.717, 1.165) is 23.3 Å². The SMILES string of the molecule is CO[C@H]1/C=C/O[C@@]2(C)Oc3c(C)c(O)c4c(=O)c(c5oc6cc(N7CCC([N+](C)(C)Cc8ccc(NC(=O)OCc9ccc(NC(=O)[C@H](CCCNC(N)=O)NC(=O)[C@@H](NC(=O)CCCCCN%10C(=O)C=CC%10=O)C(C)C)cc9)cc8)CC7)cc(O)c6nc-5c4c3C2=O)NC(=O)/C(C)=C\C=C\[C@H](C)[C@@H]2O[C@H]([C@H](O)[C@@H]2C)[C@H](OC(C)=O)[C@@H]1C. The lowest BCUT2D eigenvalue weighted by Gasteiger charge is -2.43. The number of imide groups is 1. The highest BCUT2D eigenvalue weighted by Crippen LogP contribution is 2.51. The number of aliphatic hydroxyl groups is 1. The first-order valence-electron chi connectivity index (χ1n) is 39.3. The number of esters is 1. The van der Waals surface area contributed by atoms with E-state index in [-0.39, 0.29) is 136 Å². The number of nitrogens with one attached hydrogen (secondary N) is 6. The molecule has 32 nitrogen and oxygen atoms in total. The monoisotopic (exact) mass is 1610 g/mol. The van der Waals surface area contributed by atoms with Gasteiger partial charge < -0.3 is 89.9 Å². The molecular weight excluding hydrogens is 1510 g/mol. The largest absolute Gasteiger partial charge is 0.507 e. The number of benzene rings is 5. The lowest BCUT2D eigenvalue weighted by molar-refractivity contribution is -0.928. The first kappa shape index (κ1) is 86.1. The Morgan fingerprint density at radius 3 is 2.16 bits per heavy atom. The van der Waals surface area contributed by atoms with Gasteiger partial charge in [0.05, 0.1) is 55.7 Å². The van der Waals surface area contributed by atoms with Gasteiger partial charge in [0.15, 0.2) is 11.3 Å². The molecule has 117 heavy (non-hydrogen) atoms. The molecule has 4 aromatic rings. The van der Waals surface area contributed by atoms with E-state index in [0.29, 0.717) is 66.0 Å². The maximum atomic E-state index is 15.2. The molecule has 624 valence electrons. The number of phenolic OH excluding ortho intramolecular Hbond substituents is 2. The van der Waals surface area contributed by atoms with E-state index in [1.54, 1.807) is 81.5 Å². The highest BCUT2D eigenvalue weighted by molar-refractivity contribution is 6.22. The van der Waals surface area contributed by atoms with Crippen LogP contribution in [0, 0.1) is 30.6 Å². The molecule has 11 atom stereocenters. The zero-order valence-electron chi connectivity index (χ0n) is 67.7. The maximum Gasteiger partial charge on any atom is 0.411 e. The molecule has 9 amide bonds. The van der Waals surface area contributed by atoms with E-state index >= 15 is 9.59 Å². The van der Waals surface area contributed by atoms with Gasteiger partial charge in [-0.25, -0.2) is 14.6 Å². The van der Waals surface area contributed by atoms with E-state index in [1.807, 2.05) is 26.0 Å². The van der Waals surface area contributed by atoms with Crippen molar-refractivity contribution >= 4 is 104 Å². The highest BCUT2D eigenvalue weighted by Gasteiger charge is 2.52. The first-order chi connectivity index (χ1) is 55.6. The molecule has 11 N–H and O–H groups in total. The average molecular weight is 1620 g/mol. The summed E-state index contributed by atoms with van der Waals surface area (Å²) >= 11 is 0. The molecule has 8 aliphatic rings. The number of ketones is 1. The minimum absolute atomic E-state index is 0.00462. The molecule has 2 fully saturated rings. The number of allylic oxidation sites excluding steroid dienone is 2. The summed E-state index contributed by atoms with van der Waals surface area (Å²) in [6, 6.07) is 14.6. The van der Waals surface area contributed by atoms with Crippen LogP contribution in [-0.2, 0) is 70.4 Å². The fourth-order valence-electron chi connectivity index (χ4n) is 15.8. The van der Waals surface area contributed by atoms with Gasteiger partial charge in [0.25, 0.3) is 23.5 Å². The molecule has 0 spiro atoms. The normalized spacial score (nSPS) is 23.3. The predicted octanol–water partition coefficient (Wildman–Crippen LogP) is 8.92.